The summed E-state index contributed by atoms with van der Waals surface area (Å²) in [5.74, 6) is 0.210. The smallest absolute Gasteiger partial charge is 0.255 e. The van der Waals surface area contributed by atoms with Crippen LogP contribution in [0, 0.1) is 5.92 Å². The number of nitrogens with two attached hydrogens (primary N) is 1. The van der Waals surface area contributed by atoms with E-state index in [-0.39, 0.29) is 28.9 Å². The molecule has 1 unspecified atom stereocenters. The molecule has 1 atom stereocenters. The first-order valence-corrected chi connectivity index (χ1v) is 6.76. The number of anilines is 1. The minimum atomic E-state index is -0.233. The van der Waals surface area contributed by atoms with Gasteiger partial charge in [0.05, 0.1) is 11.3 Å². The van der Waals surface area contributed by atoms with E-state index in [4.69, 9.17) is 5.73 Å². The fraction of sp³-hybridized carbons (Fsp3) is 0.500. The van der Waals surface area contributed by atoms with E-state index in [0.29, 0.717) is 5.92 Å². The van der Waals surface area contributed by atoms with Crippen LogP contribution in [0.1, 0.15) is 23.2 Å². The number of hydrogen-bond acceptors (Lipinski definition) is 4. The van der Waals surface area contributed by atoms with Gasteiger partial charge in [-0.2, -0.15) is 0 Å². The van der Waals surface area contributed by atoms with Crippen molar-refractivity contribution in [3.63, 3.8) is 0 Å². The van der Waals surface area contributed by atoms with E-state index in [1.807, 2.05) is 0 Å². The summed E-state index contributed by atoms with van der Waals surface area (Å²) in [5, 5.41) is 12.9. The van der Waals surface area contributed by atoms with Gasteiger partial charge in [-0.05, 0) is 44.0 Å². The van der Waals surface area contributed by atoms with E-state index in [0.717, 1.165) is 32.5 Å². The Morgan fingerprint density at radius 1 is 1.37 bits per heavy atom. The molecule has 5 nitrogen and oxygen atoms in total. The highest BCUT2D eigenvalue weighted by Crippen LogP contribution is 2.29. The quantitative estimate of drug-likeness (QED) is 0.543. The lowest BCUT2D eigenvalue weighted by molar-refractivity contribution is 0.0619. The van der Waals surface area contributed by atoms with E-state index in [9.17, 15) is 9.90 Å². The molecular formula is C14H19N3O2. The van der Waals surface area contributed by atoms with Crippen LogP contribution in [0.15, 0.2) is 18.2 Å². The van der Waals surface area contributed by atoms with E-state index in [2.05, 4.69) is 10.2 Å². The van der Waals surface area contributed by atoms with Crippen molar-refractivity contribution in [1.82, 2.24) is 10.2 Å². The van der Waals surface area contributed by atoms with Gasteiger partial charge in [-0.15, -0.1) is 0 Å². The zero-order valence-electron chi connectivity index (χ0n) is 10.8. The number of benzene rings is 1. The van der Waals surface area contributed by atoms with E-state index in [1.165, 1.54) is 0 Å². The Kier molecular flexibility index (Phi) is 3.06. The van der Waals surface area contributed by atoms with Crippen LogP contribution in [-0.2, 0) is 0 Å². The lowest BCUT2D eigenvalue weighted by Gasteiger charge is -2.44. The summed E-state index contributed by atoms with van der Waals surface area (Å²) in [6.07, 6.45) is 2.29. The maximum atomic E-state index is 12.2. The van der Waals surface area contributed by atoms with Crippen molar-refractivity contribution in [2.24, 2.45) is 5.92 Å². The zero-order chi connectivity index (χ0) is 13.4. The number of fused-ring (bicyclic) bond motifs is 3. The summed E-state index contributed by atoms with van der Waals surface area (Å²) < 4.78 is 0. The number of phenols is 1. The summed E-state index contributed by atoms with van der Waals surface area (Å²) in [5.41, 5.74) is 6.11. The van der Waals surface area contributed by atoms with Crippen LogP contribution < -0.4 is 11.1 Å². The summed E-state index contributed by atoms with van der Waals surface area (Å²) in [6.45, 7) is 3.20. The molecule has 3 saturated heterocycles. The number of rotatable bonds is 2. The molecule has 19 heavy (non-hydrogen) atoms. The molecule has 0 spiro atoms. The largest absolute Gasteiger partial charge is 0.505 e. The van der Waals surface area contributed by atoms with Crippen molar-refractivity contribution in [2.45, 2.75) is 18.9 Å². The normalized spacial score (nSPS) is 29.2. The third-order valence-electron chi connectivity index (χ3n) is 4.28. The van der Waals surface area contributed by atoms with Crippen molar-refractivity contribution >= 4 is 11.6 Å². The molecule has 1 aromatic carbocycles. The number of carbonyl (C=O) groups excluding carboxylic acids is 1. The third-order valence-corrected chi connectivity index (χ3v) is 4.28. The predicted octanol–water partition coefficient (Wildman–Crippen LogP) is 0.798. The molecule has 2 bridgehead atoms. The minimum absolute atomic E-state index is 0.124. The third kappa shape index (κ3) is 2.26. The molecule has 3 aliphatic heterocycles. The van der Waals surface area contributed by atoms with Gasteiger partial charge in [-0.1, -0.05) is 6.07 Å². The number of phenolic OH excluding ortho intramolecular Hbond substituents is 1. The maximum Gasteiger partial charge on any atom is 0.255 e. The summed E-state index contributed by atoms with van der Waals surface area (Å²) >= 11 is 0. The second-order valence-corrected chi connectivity index (χ2v) is 5.46. The first kappa shape index (κ1) is 12.3. The van der Waals surface area contributed by atoms with E-state index >= 15 is 0 Å². The van der Waals surface area contributed by atoms with Crippen LogP contribution in [0.2, 0.25) is 0 Å². The van der Waals surface area contributed by atoms with Crippen molar-refractivity contribution in [3.05, 3.63) is 23.8 Å². The van der Waals surface area contributed by atoms with Crippen molar-refractivity contribution in [1.29, 1.82) is 0 Å². The predicted molar refractivity (Wildman–Crippen MR) is 72.9 cm³/mol. The van der Waals surface area contributed by atoms with Crippen molar-refractivity contribution < 1.29 is 9.90 Å². The second-order valence-electron chi connectivity index (χ2n) is 5.46. The topological polar surface area (TPSA) is 78.6 Å². The van der Waals surface area contributed by atoms with Gasteiger partial charge in [-0.3, -0.25) is 4.79 Å². The summed E-state index contributed by atoms with van der Waals surface area (Å²) in [4.78, 5) is 14.6. The Morgan fingerprint density at radius 3 is 2.74 bits per heavy atom. The average Bonchev–Trinajstić information content (AvgIpc) is 2.43. The lowest BCUT2D eigenvalue weighted by Crippen LogP contribution is -2.57. The van der Waals surface area contributed by atoms with E-state index < -0.39 is 0 Å². The fourth-order valence-electron chi connectivity index (χ4n) is 3.12. The van der Waals surface area contributed by atoms with Crippen molar-refractivity contribution in [3.8, 4) is 5.75 Å². The molecule has 1 aromatic rings. The van der Waals surface area contributed by atoms with E-state index in [1.54, 1.807) is 18.2 Å². The van der Waals surface area contributed by atoms with Crippen molar-refractivity contribution in [2.75, 3.05) is 25.4 Å². The monoisotopic (exact) mass is 261 g/mol. The van der Waals surface area contributed by atoms with Gasteiger partial charge in [0, 0.05) is 12.6 Å². The molecule has 3 heterocycles. The Hall–Kier alpha value is -1.75. The fourth-order valence-corrected chi connectivity index (χ4v) is 3.12. The molecule has 1 amide bonds. The molecule has 102 valence electrons. The van der Waals surface area contributed by atoms with Gasteiger partial charge >= 0.3 is 0 Å². The molecule has 4 N–H and O–H groups in total. The molecule has 0 saturated carbocycles. The highest BCUT2D eigenvalue weighted by Gasteiger charge is 2.35. The minimum Gasteiger partial charge on any atom is -0.505 e. The standard InChI is InChI=1S/C14H19N3O2/c15-11-3-1-2-10(13(11)18)14(19)16-12-8-17-6-4-9(12)5-7-17/h1-3,9,12,18H,4-8,15H2,(H,16,19). The Morgan fingerprint density at radius 2 is 2.11 bits per heavy atom. The molecule has 3 aliphatic rings. The molecule has 0 radical (unpaired) electrons. The lowest BCUT2D eigenvalue weighted by atomic mass is 9.84. The number of carbonyl (C=O) groups is 1. The van der Waals surface area contributed by atoms with Crippen LogP contribution >= 0.6 is 0 Å². The van der Waals surface area contributed by atoms with Gasteiger partial charge in [0.1, 0.15) is 0 Å². The number of hydrogen-bond donors (Lipinski definition) is 3. The van der Waals surface area contributed by atoms with Gasteiger partial charge in [0.2, 0.25) is 0 Å². The summed E-state index contributed by atoms with van der Waals surface area (Å²) in [7, 11) is 0. The SMILES string of the molecule is Nc1cccc(C(=O)NC2CN3CCC2CC3)c1O. The van der Waals surface area contributed by atoms with Gasteiger partial charge in [0.25, 0.3) is 5.91 Å². The molecule has 5 heteroatoms. The first-order chi connectivity index (χ1) is 9.15. The van der Waals surface area contributed by atoms with Gasteiger partial charge in [-0.25, -0.2) is 0 Å². The molecule has 4 rings (SSSR count). The molecular weight excluding hydrogens is 242 g/mol. The Labute approximate surface area is 112 Å². The first-order valence-electron chi connectivity index (χ1n) is 6.76. The number of nitrogens with one attached hydrogen (secondary N) is 1. The number of nitrogen functional groups attached to an aromatic ring is 1. The van der Waals surface area contributed by atoms with Crippen LogP contribution in [0.3, 0.4) is 0 Å². The number of piperidine rings is 3. The Balaban J connectivity index is 1.73. The van der Waals surface area contributed by atoms with Gasteiger partial charge < -0.3 is 21.1 Å². The highest BCUT2D eigenvalue weighted by molar-refractivity contribution is 5.98. The number of amides is 1. The molecule has 0 aliphatic carbocycles. The molecule has 3 fully saturated rings. The summed E-state index contributed by atoms with van der Waals surface area (Å²) in [6, 6.07) is 5.05. The van der Waals surface area contributed by atoms with Crippen LogP contribution in [0.4, 0.5) is 5.69 Å². The number of para-hydroxylation sites is 1. The zero-order valence-corrected chi connectivity index (χ0v) is 10.8. The van der Waals surface area contributed by atoms with Crippen LogP contribution in [-0.4, -0.2) is 41.6 Å². The van der Waals surface area contributed by atoms with Crippen LogP contribution in [0.5, 0.6) is 5.75 Å². The van der Waals surface area contributed by atoms with Crippen LogP contribution in [0.25, 0.3) is 0 Å². The van der Waals surface area contributed by atoms with Gasteiger partial charge in [0.15, 0.2) is 5.75 Å². The highest BCUT2D eigenvalue weighted by atomic mass is 16.3. The second kappa shape index (κ2) is 4.74. The molecule has 0 aromatic heterocycles. The number of aromatic hydroxyl groups is 1. The maximum absolute atomic E-state index is 12.2. The Bertz CT molecular complexity index is 495. The number of nitrogens with zero attached hydrogens (tertiary/aromatic N) is 1. The average molecular weight is 261 g/mol.